The zero-order valence-electron chi connectivity index (χ0n) is 19.1. The molecule has 1 saturated carbocycles. The van der Waals surface area contributed by atoms with Gasteiger partial charge in [0.15, 0.2) is 11.5 Å². The van der Waals surface area contributed by atoms with Gasteiger partial charge in [-0.1, -0.05) is 23.8 Å². The first-order chi connectivity index (χ1) is 16.4. The number of aromatic nitrogens is 1. The number of fused-ring (bicyclic) bond motifs is 1. The van der Waals surface area contributed by atoms with Gasteiger partial charge in [0.2, 0.25) is 5.75 Å². The highest BCUT2D eigenvalue weighted by Crippen LogP contribution is 2.50. The number of nitrogens with zero attached hydrogens (tertiary/aromatic N) is 1. The smallest absolute Gasteiger partial charge is 0.200 e. The fourth-order valence-corrected chi connectivity index (χ4v) is 5.67. The number of aromatic hydroxyl groups is 3. The first-order valence-corrected chi connectivity index (χ1v) is 11.7. The molecule has 1 aliphatic carbocycles. The molecule has 5 unspecified atom stereocenters. The summed E-state index contributed by atoms with van der Waals surface area (Å²) in [7, 11) is 1.46. The summed E-state index contributed by atoms with van der Waals surface area (Å²) >= 11 is 0. The highest BCUT2D eigenvalue weighted by molar-refractivity contribution is 5.59. The van der Waals surface area contributed by atoms with Crippen LogP contribution in [0.25, 0.3) is 0 Å². The second-order valence-corrected chi connectivity index (χ2v) is 9.42. The summed E-state index contributed by atoms with van der Waals surface area (Å²) in [5, 5.41) is 41.6. The van der Waals surface area contributed by atoms with Crippen LogP contribution in [-0.2, 0) is 11.2 Å². The summed E-state index contributed by atoms with van der Waals surface area (Å²) in [5.74, 6) is 0.213. The van der Waals surface area contributed by atoms with Crippen LogP contribution in [0, 0.1) is 5.92 Å². The molecule has 0 bridgehead atoms. The highest BCUT2D eigenvalue weighted by Gasteiger charge is 2.43. The van der Waals surface area contributed by atoms with Gasteiger partial charge < -0.3 is 34.9 Å². The number of aliphatic hydroxyl groups excluding tert-OH is 1. The maximum absolute atomic E-state index is 11.1. The largest absolute Gasteiger partial charge is 0.670 e. The number of aliphatic hydroxyl groups is 1. The van der Waals surface area contributed by atoms with Gasteiger partial charge in [0, 0.05) is 17.9 Å². The predicted octanol–water partition coefficient (Wildman–Crippen LogP) is 4.13. The first-order valence-electron chi connectivity index (χ1n) is 11.7. The van der Waals surface area contributed by atoms with Gasteiger partial charge in [0.1, 0.15) is 5.75 Å². The Labute approximate surface area is 198 Å². The van der Waals surface area contributed by atoms with E-state index >= 15 is 0 Å². The minimum atomic E-state index is -0.528. The Morgan fingerprint density at radius 3 is 2.56 bits per heavy atom. The minimum Gasteiger partial charge on any atom is -0.670 e. The minimum absolute atomic E-state index is 0.0555. The Morgan fingerprint density at radius 1 is 1.06 bits per heavy atom. The van der Waals surface area contributed by atoms with Crippen LogP contribution in [-0.4, -0.2) is 39.7 Å². The summed E-state index contributed by atoms with van der Waals surface area (Å²) in [6.07, 6.45) is 5.79. The summed E-state index contributed by atoms with van der Waals surface area (Å²) in [6.45, 7) is 0. The normalized spacial score (nSPS) is 26.7. The average Bonchev–Trinajstić information content (AvgIpc) is 3.35. The third-order valence-electron chi connectivity index (χ3n) is 7.42. The Hall–Kier alpha value is -3.16. The van der Waals surface area contributed by atoms with Crippen molar-refractivity contribution in [3.63, 3.8) is 0 Å². The first kappa shape index (κ1) is 22.6. The maximum Gasteiger partial charge on any atom is 0.200 e. The Balaban J connectivity index is 1.46. The second-order valence-electron chi connectivity index (χ2n) is 9.42. The van der Waals surface area contributed by atoms with E-state index in [0.717, 1.165) is 30.4 Å². The van der Waals surface area contributed by atoms with Crippen LogP contribution >= 0.6 is 0 Å². The lowest BCUT2D eigenvalue weighted by molar-refractivity contribution is -0.154. The molecule has 2 aliphatic rings. The van der Waals surface area contributed by atoms with Gasteiger partial charge in [-0.25, -0.2) is 0 Å². The molecule has 1 aliphatic heterocycles. The molecule has 0 amide bonds. The predicted molar refractivity (Wildman–Crippen MR) is 125 cm³/mol. The van der Waals surface area contributed by atoms with Crippen LogP contribution < -0.4 is 9.72 Å². The standard InChI is InChI=1S/C27H30NO6/c1-33-27-21(10-15-8-9-28-14-15)20(12-23(31)26(27)32)25-13-22(30)19-7-4-17(11-24(19)34-25)16-2-5-18(29)6-3-16/h2-3,5-6,8-9,12,14,17,19,22,24-25,29-32H,4,7,10-11,13H2,1H3/q-1. The van der Waals surface area contributed by atoms with Gasteiger partial charge in [-0.15, -0.1) is 0 Å². The van der Waals surface area contributed by atoms with Crippen molar-refractivity contribution in [2.24, 2.45) is 5.92 Å². The Bertz CT molecular complexity index is 1130. The number of ether oxygens (including phenoxy) is 2. The monoisotopic (exact) mass is 464 g/mol. The van der Waals surface area contributed by atoms with E-state index in [0.29, 0.717) is 24.0 Å². The summed E-state index contributed by atoms with van der Waals surface area (Å²) < 4.78 is 12.1. The molecule has 5 rings (SSSR count). The van der Waals surface area contributed by atoms with Crippen molar-refractivity contribution in [2.75, 3.05) is 7.11 Å². The van der Waals surface area contributed by atoms with Crippen LogP contribution in [0.5, 0.6) is 23.0 Å². The average molecular weight is 465 g/mol. The van der Waals surface area contributed by atoms with Crippen molar-refractivity contribution in [3.8, 4) is 23.0 Å². The number of phenols is 3. The molecule has 4 N–H and O–H groups in total. The number of benzene rings is 2. The fraction of sp³-hybridized carbons (Fsp3) is 0.407. The van der Waals surface area contributed by atoms with Gasteiger partial charge in [-0.05, 0) is 60.9 Å². The lowest BCUT2D eigenvalue weighted by Gasteiger charge is -2.45. The molecular weight excluding hydrogens is 434 g/mol. The summed E-state index contributed by atoms with van der Waals surface area (Å²) in [6, 6.07) is 10.7. The van der Waals surface area contributed by atoms with Crippen molar-refractivity contribution in [3.05, 3.63) is 71.0 Å². The van der Waals surface area contributed by atoms with E-state index in [-0.39, 0.29) is 40.9 Å². The van der Waals surface area contributed by atoms with Crippen LogP contribution in [0.15, 0.2) is 48.8 Å². The van der Waals surface area contributed by atoms with Gasteiger partial charge in [0.25, 0.3) is 0 Å². The summed E-state index contributed by atoms with van der Waals surface area (Å²) in [4.78, 5) is 4.12. The number of rotatable bonds is 5. The van der Waals surface area contributed by atoms with E-state index in [1.807, 2.05) is 18.2 Å². The quantitative estimate of drug-likeness (QED) is 0.420. The highest BCUT2D eigenvalue weighted by atomic mass is 16.5. The van der Waals surface area contributed by atoms with Crippen LogP contribution in [0.2, 0.25) is 0 Å². The van der Waals surface area contributed by atoms with Crippen molar-refractivity contribution in [1.29, 1.82) is 0 Å². The van der Waals surface area contributed by atoms with Gasteiger partial charge in [-0.3, -0.25) is 0 Å². The van der Waals surface area contributed by atoms with Crippen LogP contribution in [0.3, 0.4) is 0 Å². The van der Waals surface area contributed by atoms with Gasteiger partial charge in [0.05, 0.1) is 25.4 Å². The van der Waals surface area contributed by atoms with Crippen molar-refractivity contribution in [1.82, 2.24) is 4.98 Å². The molecule has 34 heavy (non-hydrogen) atoms. The van der Waals surface area contributed by atoms with E-state index < -0.39 is 12.2 Å². The molecule has 2 heterocycles. The van der Waals surface area contributed by atoms with Gasteiger partial charge >= 0.3 is 0 Å². The number of hydrogen-bond donors (Lipinski definition) is 4. The van der Waals surface area contributed by atoms with Crippen LogP contribution in [0.4, 0.5) is 0 Å². The molecule has 180 valence electrons. The molecule has 7 heteroatoms. The second kappa shape index (κ2) is 9.24. The van der Waals surface area contributed by atoms with Gasteiger partial charge in [-0.2, -0.15) is 12.4 Å². The third kappa shape index (κ3) is 4.21. The number of hydrogen-bond acceptors (Lipinski definition) is 6. The molecule has 2 aromatic carbocycles. The topological polar surface area (TPSA) is 113 Å². The fourth-order valence-electron chi connectivity index (χ4n) is 5.67. The molecule has 5 atom stereocenters. The molecule has 7 nitrogen and oxygen atoms in total. The van der Waals surface area contributed by atoms with Crippen LogP contribution in [0.1, 0.15) is 60.0 Å². The number of methoxy groups -OCH3 is 1. The molecule has 1 saturated heterocycles. The number of phenolic OH excluding ortho intramolecular Hbond substituents is 3. The molecular formula is C27H30NO6-. The lowest BCUT2D eigenvalue weighted by Crippen LogP contribution is -2.44. The van der Waals surface area contributed by atoms with E-state index in [2.05, 4.69) is 4.98 Å². The maximum atomic E-state index is 11.1. The SMILES string of the molecule is COc1c(O)c(O)cc(C2CC(O)C3CCC(c4ccc(O)cc4)CC3O2)c1Cc1cc[n-]c1. The molecule has 0 spiro atoms. The zero-order valence-corrected chi connectivity index (χ0v) is 19.1. The van der Waals surface area contributed by atoms with E-state index in [4.69, 9.17) is 9.47 Å². The van der Waals surface area contributed by atoms with E-state index in [1.54, 1.807) is 24.5 Å². The summed E-state index contributed by atoms with van der Waals surface area (Å²) in [5.41, 5.74) is 3.53. The molecule has 3 aromatic rings. The lowest BCUT2D eigenvalue weighted by atomic mass is 9.72. The van der Waals surface area contributed by atoms with Crippen molar-refractivity contribution < 1.29 is 29.9 Å². The van der Waals surface area contributed by atoms with E-state index in [1.165, 1.54) is 13.2 Å². The van der Waals surface area contributed by atoms with Crippen molar-refractivity contribution in [2.45, 2.75) is 56.3 Å². The Kier molecular flexibility index (Phi) is 6.15. The molecule has 1 aromatic heterocycles. The molecule has 2 fully saturated rings. The Morgan fingerprint density at radius 2 is 1.85 bits per heavy atom. The van der Waals surface area contributed by atoms with E-state index in [9.17, 15) is 20.4 Å². The zero-order chi connectivity index (χ0) is 23.8. The van der Waals surface area contributed by atoms with Crippen molar-refractivity contribution >= 4 is 0 Å². The molecule has 0 radical (unpaired) electrons. The third-order valence-corrected chi connectivity index (χ3v) is 7.42.